The molecular formula is C22H33N3O5. The van der Waals surface area contributed by atoms with Gasteiger partial charge in [0.1, 0.15) is 5.76 Å². The van der Waals surface area contributed by atoms with Gasteiger partial charge in [-0.3, -0.25) is 14.4 Å². The number of nitrogens with zero attached hydrogens (tertiary/aromatic N) is 2. The number of hydrogen-bond donors (Lipinski definition) is 2. The van der Waals surface area contributed by atoms with Crippen molar-refractivity contribution in [3.8, 4) is 0 Å². The minimum atomic E-state index is -0.732. The Morgan fingerprint density at radius 3 is 2.27 bits per heavy atom. The Hall–Kier alpha value is -2.38. The van der Waals surface area contributed by atoms with Gasteiger partial charge in [0.05, 0.1) is 0 Å². The van der Waals surface area contributed by atoms with Crippen LogP contribution in [0.15, 0.2) is 10.6 Å². The van der Waals surface area contributed by atoms with Crippen molar-refractivity contribution in [2.75, 3.05) is 13.1 Å². The number of piperidine rings is 1. The smallest absolute Gasteiger partial charge is 0.303 e. The molecule has 2 aliphatic rings. The summed E-state index contributed by atoms with van der Waals surface area (Å²) in [6.07, 6.45) is 10.2. The SMILES string of the molecule is O=C(O)CCCCCCCCC(=O)N1CCC(NC(=O)c2cc(C3CC3)on2)CC1. The van der Waals surface area contributed by atoms with Gasteiger partial charge < -0.3 is 19.8 Å². The zero-order chi connectivity index (χ0) is 21.3. The fraction of sp³-hybridized carbons (Fsp3) is 0.727. The van der Waals surface area contributed by atoms with Crippen LogP contribution in [0.1, 0.15) is 99.2 Å². The monoisotopic (exact) mass is 419 g/mol. The summed E-state index contributed by atoms with van der Waals surface area (Å²) in [6, 6.07) is 1.81. The maximum absolute atomic E-state index is 12.4. The van der Waals surface area contributed by atoms with Crippen LogP contribution in [-0.2, 0) is 9.59 Å². The Morgan fingerprint density at radius 1 is 1.00 bits per heavy atom. The summed E-state index contributed by atoms with van der Waals surface area (Å²) in [4.78, 5) is 37.1. The van der Waals surface area contributed by atoms with Crippen LogP contribution >= 0.6 is 0 Å². The second-order valence-corrected chi connectivity index (χ2v) is 8.53. The molecule has 0 aromatic carbocycles. The van der Waals surface area contributed by atoms with Crippen molar-refractivity contribution < 1.29 is 24.0 Å². The Balaban J connectivity index is 1.25. The van der Waals surface area contributed by atoms with Crippen LogP contribution in [-0.4, -0.2) is 52.1 Å². The summed E-state index contributed by atoms with van der Waals surface area (Å²) in [6.45, 7) is 1.34. The predicted molar refractivity (Wildman–Crippen MR) is 110 cm³/mol. The molecule has 3 rings (SSSR count). The molecule has 8 nitrogen and oxygen atoms in total. The quantitative estimate of drug-likeness (QED) is 0.502. The first kappa shape index (κ1) is 22.3. The number of carboxylic acids is 1. The summed E-state index contributed by atoms with van der Waals surface area (Å²) in [5.41, 5.74) is 0.346. The molecule has 1 aromatic rings. The number of rotatable bonds is 12. The third kappa shape index (κ3) is 7.15. The molecule has 0 spiro atoms. The van der Waals surface area contributed by atoms with Gasteiger partial charge in [0, 0.05) is 44.0 Å². The molecule has 2 heterocycles. The lowest BCUT2D eigenvalue weighted by molar-refractivity contribution is -0.137. The van der Waals surface area contributed by atoms with Gasteiger partial charge in [-0.05, 0) is 38.5 Å². The number of carbonyl (C=O) groups is 3. The predicted octanol–water partition coefficient (Wildman–Crippen LogP) is 3.48. The van der Waals surface area contributed by atoms with Crippen LogP contribution in [0.5, 0.6) is 0 Å². The highest BCUT2D eigenvalue weighted by molar-refractivity contribution is 5.92. The first-order valence-electron chi connectivity index (χ1n) is 11.3. The highest BCUT2D eigenvalue weighted by Crippen LogP contribution is 2.40. The number of carboxylic acid groups (broad SMARTS) is 1. The van der Waals surface area contributed by atoms with Crippen molar-refractivity contribution in [2.45, 2.75) is 89.0 Å². The van der Waals surface area contributed by atoms with Gasteiger partial charge >= 0.3 is 5.97 Å². The number of carbonyl (C=O) groups excluding carboxylic acids is 2. The van der Waals surface area contributed by atoms with E-state index < -0.39 is 5.97 Å². The van der Waals surface area contributed by atoms with E-state index in [4.69, 9.17) is 9.63 Å². The van der Waals surface area contributed by atoms with E-state index in [-0.39, 0.29) is 24.3 Å². The van der Waals surface area contributed by atoms with Gasteiger partial charge in [0.2, 0.25) is 5.91 Å². The van der Waals surface area contributed by atoms with Crippen LogP contribution in [0.25, 0.3) is 0 Å². The molecular weight excluding hydrogens is 386 g/mol. The Bertz CT molecular complexity index is 720. The number of unbranched alkanes of at least 4 members (excludes halogenated alkanes) is 5. The second-order valence-electron chi connectivity index (χ2n) is 8.53. The average molecular weight is 420 g/mol. The molecule has 0 radical (unpaired) electrons. The van der Waals surface area contributed by atoms with Crippen molar-refractivity contribution in [3.63, 3.8) is 0 Å². The highest BCUT2D eigenvalue weighted by atomic mass is 16.5. The summed E-state index contributed by atoms with van der Waals surface area (Å²) in [7, 11) is 0. The number of amides is 2. The number of nitrogens with one attached hydrogen (secondary N) is 1. The number of aromatic nitrogens is 1. The van der Waals surface area contributed by atoms with Crippen LogP contribution in [0.4, 0.5) is 0 Å². The molecule has 0 unspecified atom stereocenters. The van der Waals surface area contributed by atoms with Gasteiger partial charge in [-0.25, -0.2) is 0 Å². The Kier molecular flexibility index (Phi) is 8.28. The molecule has 2 fully saturated rings. The van der Waals surface area contributed by atoms with Crippen LogP contribution < -0.4 is 5.32 Å². The lowest BCUT2D eigenvalue weighted by atomic mass is 10.0. The van der Waals surface area contributed by atoms with Crippen LogP contribution in [0.3, 0.4) is 0 Å². The minimum Gasteiger partial charge on any atom is -0.481 e. The molecule has 8 heteroatoms. The van der Waals surface area contributed by atoms with Gasteiger partial charge in [0.25, 0.3) is 5.91 Å². The normalized spacial score (nSPS) is 17.1. The van der Waals surface area contributed by atoms with Gasteiger partial charge in [-0.1, -0.05) is 30.8 Å². The molecule has 1 aliphatic carbocycles. The van der Waals surface area contributed by atoms with E-state index in [2.05, 4.69) is 10.5 Å². The fourth-order valence-electron chi connectivity index (χ4n) is 3.91. The van der Waals surface area contributed by atoms with Crippen molar-refractivity contribution in [1.29, 1.82) is 0 Å². The molecule has 1 aromatic heterocycles. The average Bonchev–Trinajstić information content (AvgIpc) is 3.46. The summed E-state index contributed by atoms with van der Waals surface area (Å²) < 4.78 is 5.24. The number of aliphatic carboxylic acids is 1. The number of hydrogen-bond acceptors (Lipinski definition) is 5. The molecule has 2 N–H and O–H groups in total. The summed E-state index contributed by atoms with van der Waals surface area (Å²) >= 11 is 0. The Labute approximate surface area is 177 Å². The molecule has 30 heavy (non-hydrogen) atoms. The highest BCUT2D eigenvalue weighted by Gasteiger charge is 2.30. The standard InChI is InChI=1S/C22H33N3O5/c26-20(7-5-3-1-2-4-6-8-21(27)28)25-13-11-17(12-14-25)23-22(29)18-15-19(30-24-18)16-9-10-16/h15-17H,1-14H2,(H,23,29)(H,27,28). The van der Waals surface area contributed by atoms with Gasteiger partial charge in [-0.2, -0.15) is 0 Å². The molecule has 0 atom stereocenters. The summed E-state index contributed by atoms with van der Waals surface area (Å²) in [5.74, 6) is 0.505. The third-order valence-corrected chi connectivity index (χ3v) is 5.95. The largest absolute Gasteiger partial charge is 0.481 e. The van der Waals surface area contributed by atoms with E-state index >= 15 is 0 Å². The van der Waals surface area contributed by atoms with E-state index in [0.717, 1.165) is 70.0 Å². The summed E-state index contributed by atoms with van der Waals surface area (Å²) in [5, 5.41) is 15.5. The lowest BCUT2D eigenvalue weighted by Gasteiger charge is -2.32. The zero-order valence-electron chi connectivity index (χ0n) is 17.6. The van der Waals surface area contributed by atoms with Crippen molar-refractivity contribution >= 4 is 17.8 Å². The molecule has 2 amide bonds. The van der Waals surface area contributed by atoms with Crippen molar-refractivity contribution in [3.05, 3.63) is 17.5 Å². The first-order valence-corrected chi connectivity index (χ1v) is 11.3. The van der Waals surface area contributed by atoms with E-state index in [1.165, 1.54) is 0 Å². The maximum atomic E-state index is 12.4. The zero-order valence-corrected chi connectivity index (χ0v) is 17.6. The van der Waals surface area contributed by atoms with E-state index in [0.29, 0.717) is 31.1 Å². The van der Waals surface area contributed by atoms with Gasteiger partial charge in [-0.15, -0.1) is 0 Å². The van der Waals surface area contributed by atoms with Crippen molar-refractivity contribution in [2.24, 2.45) is 0 Å². The Morgan fingerprint density at radius 2 is 1.63 bits per heavy atom. The minimum absolute atomic E-state index is 0.0634. The maximum Gasteiger partial charge on any atom is 0.303 e. The molecule has 0 bridgehead atoms. The molecule has 1 saturated carbocycles. The second kappa shape index (κ2) is 11.1. The topological polar surface area (TPSA) is 113 Å². The first-order chi connectivity index (χ1) is 14.5. The van der Waals surface area contributed by atoms with E-state index in [1.54, 1.807) is 6.07 Å². The molecule has 1 aliphatic heterocycles. The van der Waals surface area contributed by atoms with Gasteiger partial charge in [0.15, 0.2) is 5.69 Å². The molecule has 166 valence electrons. The van der Waals surface area contributed by atoms with Crippen LogP contribution in [0, 0.1) is 0 Å². The number of likely N-dealkylation sites (tertiary alicyclic amines) is 1. The molecule has 1 saturated heterocycles. The van der Waals surface area contributed by atoms with Crippen LogP contribution in [0.2, 0.25) is 0 Å². The lowest BCUT2D eigenvalue weighted by Crippen LogP contribution is -2.46. The fourth-order valence-corrected chi connectivity index (χ4v) is 3.91. The third-order valence-electron chi connectivity index (χ3n) is 5.95. The van der Waals surface area contributed by atoms with Crippen molar-refractivity contribution in [1.82, 2.24) is 15.4 Å². The van der Waals surface area contributed by atoms with E-state index in [9.17, 15) is 14.4 Å². The van der Waals surface area contributed by atoms with E-state index in [1.807, 2.05) is 4.90 Å².